The third-order valence-electron chi connectivity index (χ3n) is 4.01. The van der Waals surface area contributed by atoms with Gasteiger partial charge in [-0.3, -0.25) is 10.1 Å². The number of carbonyl (C=O) groups excluding carboxylic acids is 1. The maximum atomic E-state index is 11.4. The monoisotopic (exact) mass is 381 g/mol. The van der Waals surface area contributed by atoms with E-state index in [1.165, 1.54) is 6.92 Å². The molecule has 0 aliphatic heterocycles. The van der Waals surface area contributed by atoms with Gasteiger partial charge in [-0.1, -0.05) is 12.1 Å². The van der Waals surface area contributed by atoms with Gasteiger partial charge in [0.25, 0.3) is 0 Å². The predicted molar refractivity (Wildman–Crippen MR) is 108 cm³/mol. The molecule has 2 aromatic carbocycles. The van der Waals surface area contributed by atoms with Crippen LogP contribution in [0.25, 0.3) is 22.0 Å². The molecule has 1 amide bonds. The zero-order valence-electron chi connectivity index (χ0n) is 16.6. The largest absolute Gasteiger partial charge is 0.493 e. The van der Waals surface area contributed by atoms with Crippen LogP contribution in [-0.4, -0.2) is 36.2 Å². The van der Waals surface area contributed by atoms with Crippen molar-refractivity contribution in [1.82, 2.24) is 9.97 Å². The van der Waals surface area contributed by atoms with Crippen molar-refractivity contribution in [3.8, 4) is 28.5 Å². The summed E-state index contributed by atoms with van der Waals surface area (Å²) in [6.07, 6.45) is -0.0759. The van der Waals surface area contributed by atoms with E-state index in [0.29, 0.717) is 22.9 Å². The first kappa shape index (κ1) is 19.4. The highest BCUT2D eigenvalue weighted by Crippen LogP contribution is 2.35. The molecule has 1 aromatic heterocycles. The molecule has 0 atom stereocenters. The first-order valence-corrected chi connectivity index (χ1v) is 8.89. The number of amides is 1. The van der Waals surface area contributed by atoms with Gasteiger partial charge in [-0.25, -0.2) is 4.98 Å². The van der Waals surface area contributed by atoms with Crippen molar-refractivity contribution in [1.29, 1.82) is 0 Å². The molecule has 0 radical (unpaired) electrons. The van der Waals surface area contributed by atoms with Crippen LogP contribution >= 0.6 is 0 Å². The Balaban J connectivity index is 2.12. The fraction of sp³-hybridized carbons (Fsp3) is 0.286. The van der Waals surface area contributed by atoms with E-state index in [1.54, 1.807) is 14.2 Å². The topological polar surface area (TPSA) is 82.6 Å². The quantitative estimate of drug-likeness (QED) is 0.693. The molecule has 146 valence electrons. The first-order valence-electron chi connectivity index (χ1n) is 8.89. The summed E-state index contributed by atoms with van der Waals surface area (Å²) in [7, 11) is 3.21. The Labute approximate surface area is 163 Å². The Bertz CT molecular complexity index is 1020. The molecule has 28 heavy (non-hydrogen) atoms. The lowest BCUT2D eigenvalue weighted by molar-refractivity contribution is -0.114. The number of aromatic nitrogens is 2. The minimum absolute atomic E-state index is 0.0759. The molecule has 0 unspecified atom stereocenters. The molecule has 0 saturated heterocycles. The molecule has 1 N–H and O–H groups in total. The normalized spacial score (nSPS) is 10.8. The van der Waals surface area contributed by atoms with Crippen LogP contribution in [0, 0.1) is 0 Å². The van der Waals surface area contributed by atoms with Crippen LogP contribution in [0.3, 0.4) is 0 Å². The smallest absolute Gasteiger partial charge is 0.233 e. The predicted octanol–water partition coefficient (Wildman–Crippen LogP) is 4.06. The average Bonchev–Trinajstić information content (AvgIpc) is 2.66. The summed E-state index contributed by atoms with van der Waals surface area (Å²) in [5, 5.41) is 3.37. The number of hydrogen-bond acceptors (Lipinski definition) is 6. The number of carbonyl (C=O) groups is 1. The van der Waals surface area contributed by atoms with Crippen molar-refractivity contribution < 1.29 is 19.0 Å². The molecule has 7 heteroatoms. The molecule has 7 nitrogen and oxygen atoms in total. The second-order valence-corrected chi connectivity index (χ2v) is 6.50. The van der Waals surface area contributed by atoms with Gasteiger partial charge in [-0.2, -0.15) is 4.98 Å². The number of ether oxygens (including phenoxy) is 3. The molecular formula is C21H23N3O4. The Morgan fingerprint density at radius 2 is 1.64 bits per heavy atom. The van der Waals surface area contributed by atoms with E-state index in [1.807, 2.05) is 50.2 Å². The van der Waals surface area contributed by atoms with E-state index >= 15 is 0 Å². The van der Waals surface area contributed by atoms with Gasteiger partial charge < -0.3 is 14.2 Å². The molecule has 3 rings (SSSR count). The van der Waals surface area contributed by atoms with Gasteiger partial charge in [-0.15, -0.1) is 0 Å². The second-order valence-electron chi connectivity index (χ2n) is 6.50. The van der Waals surface area contributed by atoms with Crippen molar-refractivity contribution in [2.24, 2.45) is 0 Å². The van der Waals surface area contributed by atoms with Gasteiger partial charge in [0.2, 0.25) is 17.7 Å². The Morgan fingerprint density at radius 3 is 2.29 bits per heavy atom. The first-order chi connectivity index (χ1) is 13.4. The molecule has 0 saturated carbocycles. The fourth-order valence-corrected chi connectivity index (χ4v) is 2.82. The minimum Gasteiger partial charge on any atom is -0.493 e. The summed E-state index contributed by atoms with van der Waals surface area (Å²) in [5.74, 6) is 1.72. The third kappa shape index (κ3) is 4.14. The highest BCUT2D eigenvalue weighted by molar-refractivity contribution is 5.92. The zero-order chi connectivity index (χ0) is 20.3. The van der Waals surface area contributed by atoms with Gasteiger partial charge >= 0.3 is 0 Å². The summed E-state index contributed by atoms with van der Waals surface area (Å²) in [5.41, 5.74) is 2.59. The fourth-order valence-electron chi connectivity index (χ4n) is 2.82. The number of nitrogens with one attached hydrogen (secondary N) is 1. The maximum Gasteiger partial charge on any atom is 0.233 e. The molecule has 3 aromatic rings. The van der Waals surface area contributed by atoms with Crippen molar-refractivity contribution in [3.05, 3.63) is 36.4 Å². The van der Waals surface area contributed by atoms with Gasteiger partial charge in [0.1, 0.15) is 0 Å². The molecule has 0 fully saturated rings. The highest BCUT2D eigenvalue weighted by Gasteiger charge is 2.14. The summed E-state index contributed by atoms with van der Waals surface area (Å²) >= 11 is 0. The van der Waals surface area contributed by atoms with E-state index in [9.17, 15) is 4.79 Å². The van der Waals surface area contributed by atoms with Crippen molar-refractivity contribution in [2.45, 2.75) is 26.9 Å². The lowest BCUT2D eigenvalue weighted by Crippen LogP contribution is -2.12. The number of fused-ring (bicyclic) bond motifs is 1. The number of methoxy groups -OCH3 is 2. The van der Waals surface area contributed by atoms with Gasteiger partial charge in [0.05, 0.1) is 31.2 Å². The van der Waals surface area contributed by atoms with Crippen LogP contribution in [0.4, 0.5) is 5.95 Å². The SMILES string of the molecule is COc1ccc(-c2ccc3nc(NC(C)=O)nc(OC(C)C)c3c2)cc1OC. The van der Waals surface area contributed by atoms with Crippen LogP contribution in [0.2, 0.25) is 0 Å². The summed E-state index contributed by atoms with van der Waals surface area (Å²) in [6, 6.07) is 11.5. The molecular weight excluding hydrogens is 358 g/mol. The van der Waals surface area contributed by atoms with E-state index in [0.717, 1.165) is 16.5 Å². The van der Waals surface area contributed by atoms with Crippen LogP contribution in [0.15, 0.2) is 36.4 Å². The van der Waals surface area contributed by atoms with E-state index in [-0.39, 0.29) is 18.0 Å². The van der Waals surface area contributed by atoms with Gasteiger partial charge in [-0.05, 0) is 49.2 Å². The summed E-state index contributed by atoms with van der Waals surface area (Å²) < 4.78 is 16.6. The average molecular weight is 381 g/mol. The minimum atomic E-state index is -0.239. The number of nitrogens with zero attached hydrogens (tertiary/aromatic N) is 2. The standard InChI is InChI=1S/C21H23N3O4/c1-12(2)28-20-16-10-14(15-7-9-18(26-4)19(11-15)27-5)6-8-17(16)23-21(24-20)22-13(3)25/h6-12H,1-5H3,(H,22,23,24,25). The van der Waals surface area contributed by atoms with E-state index in [4.69, 9.17) is 14.2 Å². The van der Waals surface area contributed by atoms with Crippen LogP contribution < -0.4 is 19.5 Å². The molecule has 1 heterocycles. The number of rotatable bonds is 6. The molecule has 0 bridgehead atoms. The zero-order valence-corrected chi connectivity index (χ0v) is 16.6. The third-order valence-corrected chi connectivity index (χ3v) is 4.01. The Morgan fingerprint density at radius 1 is 0.964 bits per heavy atom. The van der Waals surface area contributed by atoms with E-state index < -0.39 is 0 Å². The number of anilines is 1. The summed E-state index contributed by atoms with van der Waals surface area (Å²) in [6.45, 7) is 5.26. The van der Waals surface area contributed by atoms with Crippen molar-refractivity contribution in [3.63, 3.8) is 0 Å². The number of benzene rings is 2. The summed E-state index contributed by atoms with van der Waals surface area (Å²) in [4.78, 5) is 20.2. The van der Waals surface area contributed by atoms with Crippen LogP contribution in [-0.2, 0) is 4.79 Å². The molecule has 0 aliphatic rings. The maximum absolute atomic E-state index is 11.4. The highest BCUT2D eigenvalue weighted by atomic mass is 16.5. The van der Waals surface area contributed by atoms with E-state index in [2.05, 4.69) is 15.3 Å². The van der Waals surface area contributed by atoms with Crippen molar-refractivity contribution in [2.75, 3.05) is 19.5 Å². The van der Waals surface area contributed by atoms with Gasteiger partial charge in [0.15, 0.2) is 11.5 Å². The Hall–Kier alpha value is -3.35. The molecule has 0 spiro atoms. The molecule has 0 aliphatic carbocycles. The number of hydrogen-bond donors (Lipinski definition) is 1. The second kappa shape index (κ2) is 8.12. The van der Waals surface area contributed by atoms with Crippen LogP contribution in [0.5, 0.6) is 17.4 Å². The van der Waals surface area contributed by atoms with Gasteiger partial charge in [0, 0.05) is 6.92 Å². The lowest BCUT2D eigenvalue weighted by atomic mass is 10.0. The van der Waals surface area contributed by atoms with Crippen LogP contribution in [0.1, 0.15) is 20.8 Å². The lowest BCUT2D eigenvalue weighted by Gasteiger charge is -2.14. The van der Waals surface area contributed by atoms with Crippen molar-refractivity contribution >= 4 is 22.8 Å². The Kier molecular flexibility index (Phi) is 5.63.